The molecule has 0 radical (unpaired) electrons. The number of thiophene rings is 1. The minimum absolute atomic E-state index is 0.795. The zero-order valence-electron chi connectivity index (χ0n) is 34.8. The van der Waals surface area contributed by atoms with Crippen LogP contribution in [0.3, 0.4) is 0 Å². The van der Waals surface area contributed by atoms with Crippen LogP contribution in [0.5, 0.6) is 0 Å². The molecule has 0 unspecified atom stereocenters. The van der Waals surface area contributed by atoms with Gasteiger partial charge in [0.2, 0.25) is 8.07 Å². The second kappa shape index (κ2) is 13.9. The molecule has 0 bridgehead atoms. The van der Waals surface area contributed by atoms with E-state index >= 15 is 0 Å². The molecule has 0 saturated carbocycles. The Morgan fingerprint density at radius 3 is 1.60 bits per heavy atom. The average Bonchev–Trinajstić information content (AvgIpc) is 4.13. The number of hydrogen-bond acceptors (Lipinski definition) is 5. The summed E-state index contributed by atoms with van der Waals surface area (Å²) in [5.41, 5.74) is 8.38. The van der Waals surface area contributed by atoms with Crippen LogP contribution in [-0.4, -0.2) is 32.2 Å². The Kier molecular flexibility index (Phi) is 7.77. The Morgan fingerprint density at radius 1 is 0.415 bits per heavy atom. The van der Waals surface area contributed by atoms with E-state index in [-0.39, 0.29) is 0 Å². The third-order valence-corrected chi connectivity index (χ3v) is 19.4. The lowest BCUT2D eigenvalue weighted by atomic mass is 10.1. The maximum atomic E-state index is 7.13. The van der Waals surface area contributed by atoms with Gasteiger partial charge >= 0.3 is 0 Å². The number of hydrogen-bond donors (Lipinski definition) is 0. The summed E-state index contributed by atoms with van der Waals surface area (Å²) in [5.74, 6) is 0. The van der Waals surface area contributed by atoms with Crippen LogP contribution in [0, 0.1) is 0 Å². The molecule has 0 aliphatic rings. The van der Waals surface area contributed by atoms with E-state index in [9.17, 15) is 0 Å². The van der Waals surface area contributed by atoms with E-state index in [1.165, 1.54) is 58.4 Å². The smallest absolute Gasteiger partial charge is 0.230 e. The summed E-state index contributed by atoms with van der Waals surface area (Å²) in [7, 11) is -3.36. The fourth-order valence-corrected chi connectivity index (χ4v) is 17.0. The number of aromatic nitrogens is 5. The Labute approximate surface area is 376 Å². The Balaban J connectivity index is 1.04. The number of benzene rings is 7. The largest absolute Gasteiger partial charge is 0.455 e. The lowest BCUT2D eigenvalue weighted by molar-refractivity contribution is 0.670. The summed E-state index contributed by atoms with van der Waals surface area (Å²) >= 11 is 1.81. The minimum atomic E-state index is -3.36. The molecular formula is C57H35N5OSSi. The van der Waals surface area contributed by atoms with Crippen molar-refractivity contribution in [1.82, 2.24) is 24.1 Å². The van der Waals surface area contributed by atoms with Crippen LogP contribution in [0.4, 0.5) is 0 Å². The quantitative estimate of drug-likeness (QED) is 0.156. The maximum Gasteiger partial charge on any atom is 0.230 e. The van der Waals surface area contributed by atoms with Gasteiger partial charge < -0.3 is 13.6 Å². The molecule has 7 aromatic heterocycles. The first-order chi connectivity index (χ1) is 32.3. The molecule has 8 heteroatoms. The monoisotopic (exact) mass is 865 g/mol. The molecule has 0 spiro atoms. The van der Waals surface area contributed by atoms with E-state index in [0.717, 1.165) is 59.7 Å². The fourth-order valence-electron chi connectivity index (χ4n) is 10.7. The van der Waals surface area contributed by atoms with E-state index in [1.807, 2.05) is 36.1 Å². The van der Waals surface area contributed by atoms with Gasteiger partial charge in [-0.15, -0.1) is 11.3 Å². The van der Waals surface area contributed by atoms with Crippen molar-refractivity contribution in [2.75, 3.05) is 0 Å². The van der Waals surface area contributed by atoms with Crippen molar-refractivity contribution in [3.63, 3.8) is 0 Å². The standard InChI is InChI=1S/C57H35N5OSSi/c1-3-13-38(14-4-1)65(39-15-5-2-6-16-39,56-54-44(28-31-59-56)46-33-36(23-25-52(46)63-54)61-48-20-10-7-17-40(48)41-18-8-11-21-49(41)61)57-55-45(29-32-60-57)47-34-37(24-26-53(47)64-55)62-50-22-12-9-19-42(50)43-27-30-58-35-51(43)62/h1-35H. The highest BCUT2D eigenvalue weighted by Crippen LogP contribution is 2.39. The van der Waals surface area contributed by atoms with Gasteiger partial charge in [-0.3, -0.25) is 15.0 Å². The molecule has 6 nitrogen and oxygen atoms in total. The lowest BCUT2D eigenvalue weighted by Gasteiger charge is -2.32. The van der Waals surface area contributed by atoms with Crippen LogP contribution in [0.1, 0.15) is 0 Å². The van der Waals surface area contributed by atoms with Gasteiger partial charge in [0.25, 0.3) is 0 Å². The molecule has 0 atom stereocenters. The van der Waals surface area contributed by atoms with Crippen molar-refractivity contribution < 1.29 is 4.42 Å². The number of pyridine rings is 3. The molecule has 0 amide bonds. The highest BCUT2D eigenvalue weighted by atomic mass is 32.1. The molecule has 0 saturated heterocycles. The predicted octanol–water partition coefficient (Wildman–Crippen LogP) is 11.7. The summed E-state index contributed by atoms with van der Waals surface area (Å²) in [6, 6.07) is 67.7. The van der Waals surface area contributed by atoms with Gasteiger partial charge in [0.15, 0.2) is 5.58 Å². The van der Waals surface area contributed by atoms with Crippen LogP contribution >= 0.6 is 11.3 Å². The van der Waals surface area contributed by atoms with Crippen molar-refractivity contribution in [3.8, 4) is 11.4 Å². The first-order valence-electron chi connectivity index (χ1n) is 21.8. The van der Waals surface area contributed by atoms with Gasteiger partial charge in [-0.25, -0.2) is 0 Å². The van der Waals surface area contributed by atoms with Gasteiger partial charge in [-0.1, -0.05) is 115 Å². The third kappa shape index (κ3) is 5.12. The molecule has 0 aliphatic heterocycles. The SMILES string of the molecule is c1ccc([Si](c2ccccc2)(c2nccc3c2oc2ccc(-n4c5ccccc5c5ccccc54)cc23)c2nccc3c2sc2ccc(-n4c5ccccc5c5ccncc54)cc23)cc1. The summed E-state index contributed by atoms with van der Waals surface area (Å²) in [6.07, 6.45) is 7.84. The van der Waals surface area contributed by atoms with E-state index in [4.69, 9.17) is 14.4 Å². The number of nitrogens with zero attached hydrogens (tertiary/aromatic N) is 5. The fraction of sp³-hybridized carbons (Fsp3) is 0. The van der Waals surface area contributed by atoms with Gasteiger partial charge in [-0.05, 0) is 83.2 Å². The third-order valence-electron chi connectivity index (χ3n) is 13.4. The molecule has 65 heavy (non-hydrogen) atoms. The molecular weight excluding hydrogens is 831 g/mol. The average molecular weight is 866 g/mol. The predicted molar refractivity (Wildman–Crippen MR) is 272 cm³/mol. The van der Waals surface area contributed by atoms with Gasteiger partial charge in [0, 0.05) is 77.8 Å². The highest BCUT2D eigenvalue weighted by molar-refractivity contribution is 7.30. The van der Waals surface area contributed by atoms with Crippen LogP contribution in [0.2, 0.25) is 0 Å². The molecule has 14 aromatic rings. The zero-order valence-corrected chi connectivity index (χ0v) is 36.6. The topological polar surface area (TPSA) is 61.7 Å². The molecule has 0 aliphatic carbocycles. The Morgan fingerprint density at radius 2 is 0.938 bits per heavy atom. The van der Waals surface area contributed by atoms with E-state index in [1.54, 1.807) is 0 Å². The second-order valence-corrected chi connectivity index (χ2v) is 21.4. The summed E-state index contributed by atoms with van der Waals surface area (Å²) in [5, 5.41) is 13.7. The molecule has 0 fully saturated rings. The lowest BCUT2D eigenvalue weighted by Crippen LogP contribution is -2.76. The number of para-hydroxylation sites is 3. The first kappa shape index (κ1) is 36.3. The highest BCUT2D eigenvalue weighted by Gasteiger charge is 2.48. The van der Waals surface area contributed by atoms with Gasteiger partial charge in [0.1, 0.15) is 5.58 Å². The van der Waals surface area contributed by atoms with E-state index < -0.39 is 8.07 Å². The number of rotatable bonds is 6. The van der Waals surface area contributed by atoms with Gasteiger partial charge in [-0.2, -0.15) is 0 Å². The molecule has 7 heterocycles. The normalized spacial score (nSPS) is 12.3. The van der Waals surface area contributed by atoms with Crippen LogP contribution in [-0.2, 0) is 0 Å². The van der Waals surface area contributed by atoms with Crippen molar-refractivity contribution in [2.24, 2.45) is 0 Å². The van der Waals surface area contributed by atoms with Crippen molar-refractivity contribution in [3.05, 3.63) is 213 Å². The minimum Gasteiger partial charge on any atom is -0.455 e. The van der Waals surface area contributed by atoms with Crippen molar-refractivity contribution in [2.45, 2.75) is 0 Å². The Bertz CT molecular complexity index is 3830. The molecule has 14 rings (SSSR count). The summed E-state index contributed by atoms with van der Waals surface area (Å²) in [4.78, 5) is 15.5. The summed E-state index contributed by atoms with van der Waals surface area (Å²) < 4.78 is 14.2. The van der Waals surface area contributed by atoms with E-state index in [2.05, 4.69) is 202 Å². The van der Waals surface area contributed by atoms with Crippen LogP contribution in [0.15, 0.2) is 217 Å². The second-order valence-electron chi connectivity index (χ2n) is 16.7. The van der Waals surface area contributed by atoms with Crippen LogP contribution in [0.25, 0.3) is 97.1 Å². The maximum absolute atomic E-state index is 7.13. The van der Waals surface area contributed by atoms with Gasteiger partial charge in [0.05, 0.1) is 43.6 Å². The number of furan rings is 1. The molecule has 304 valence electrons. The van der Waals surface area contributed by atoms with Crippen molar-refractivity contribution >= 4 is 126 Å². The molecule has 0 N–H and O–H groups in total. The van der Waals surface area contributed by atoms with Crippen molar-refractivity contribution in [1.29, 1.82) is 0 Å². The van der Waals surface area contributed by atoms with Crippen LogP contribution < -0.4 is 21.0 Å². The first-order valence-corrected chi connectivity index (χ1v) is 24.6. The molecule has 7 aromatic carbocycles. The summed E-state index contributed by atoms with van der Waals surface area (Å²) in [6.45, 7) is 0. The Hall–Kier alpha value is -8.17. The van der Waals surface area contributed by atoms with E-state index in [0.29, 0.717) is 0 Å². The zero-order chi connectivity index (χ0) is 42.6. The number of fused-ring (bicyclic) bond motifs is 12.